The van der Waals surface area contributed by atoms with Gasteiger partial charge in [-0.3, -0.25) is 9.59 Å². The van der Waals surface area contributed by atoms with E-state index in [1.807, 2.05) is 12.1 Å². The van der Waals surface area contributed by atoms with Crippen LogP contribution in [0.1, 0.15) is 115 Å². The predicted octanol–water partition coefficient (Wildman–Crippen LogP) is 7.66. The van der Waals surface area contributed by atoms with Crippen molar-refractivity contribution in [1.29, 1.82) is 0 Å². The number of likely N-dealkylation sites (N-methyl/N-ethyl adjacent to an activating group) is 1. The second-order valence-electron chi connectivity index (χ2n) is 18.3. The van der Waals surface area contributed by atoms with Gasteiger partial charge in [0, 0.05) is 19.6 Å². The summed E-state index contributed by atoms with van der Waals surface area (Å²) in [4.78, 5) is 38.4. The Labute approximate surface area is 297 Å². The zero-order chi connectivity index (χ0) is 36.5. The Morgan fingerprint density at radius 1 is 0.840 bits per heavy atom. The van der Waals surface area contributed by atoms with E-state index in [4.69, 9.17) is 0 Å². The zero-order valence-electron chi connectivity index (χ0n) is 31.3. The number of aromatic carboxylic acids is 1. The summed E-state index contributed by atoms with van der Waals surface area (Å²) in [6, 6.07) is 7.38. The maximum Gasteiger partial charge on any atom is 0.400 e. The van der Waals surface area contributed by atoms with Crippen LogP contribution in [-0.4, -0.2) is 67.4 Å². The number of allylic oxidation sites excluding steroid dienone is 2. The predicted molar refractivity (Wildman–Crippen MR) is 192 cm³/mol. The van der Waals surface area contributed by atoms with Crippen molar-refractivity contribution in [2.45, 2.75) is 105 Å². The van der Waals surface area contributed by atoms with Gasteiger partial charge in [0.25, 0.3) is 0 Å². The van der Waals surface area contributed by atoms with Gasteiger partial charge in [-0.2, -0.15) is 8.78 Å². The third-order valence-corrected chi connectivity index (χ3v) is 15.6. The first kappa shape index (κ1) is 37.0. The molecule has 3 N–H and O–H groups in total. The normalized spacial score (nSPS) is 37.4. The minimum absolute atomic E-state index is 0.0534. The molecule has 9 heteroatoms. The van der Waals surface area contributed by atoms with Crippen molar-refractivity contribution in [3.8, 4) is 0 Å². The highest BCUT2D eigenvalue weighted by Gasteiger charge is 2.69. The Morgan fingerprint density at radius 2 is 1.52 bits per heavy atom. The fourth-order valence-corrected chi connectivity index (χ4v) is 12.9. The quantitative estimate of drug-likeness (QED) is 0.231. The van der Waals surface area contributed by atoms with E-state index >= 15 is 0 Å². The monoisotopic (exact) mass is 695 g/mol. The average Bonchev–Trinajstić information content (AvgIpc) is 3.48. The molecule has 7 nitrogen and oxygen atoms in total. The van der Waals surface area contributed by atoms with Gasteiger partial charge in [0.05, 0.1) is 5.56 Å². The molecule has 5 aliphatic carbocycles. The molecule has 6 rings (SSSR count). The molecule has 3 unspecified atom stereocenters. The van der Waals surface area contributed by atoms with Gasteiger partial charge in [-0.05, 0) is 146 Å². The van der Waals surface area contributed by atoms with E-state index in [2.05, 4.69) is 51.3 Å². The largest absolute Gasteiger partial charge is 0.478 e. The lowest BCUT2D eigenvalue weighted by Gasteiger charge is -2.72. The van der Waals surface area contributed by atoms with E-state index in [9.17, 15) is 28.3 Å². The fraction of sp³-hybridized carbons (Fsp3) is 0.732. The van der Waals surface area contributed by atoms with E-state index in [-0.39, 0.29) is 40.2 Å². The van der Waals surface area contributed by atoms with Gasteiger partial charge >= 0.3 is 23.7 Å². The first-order valence-electron chi connectivity index (χ1n) is 19.0. The van der Waals surface area contributed by atoms with Gasteiger partial charge in [-0.15, -0.1) is 0 Å². The van der Waals surface area contributed by atoms with Crippen LogP contribution < -0.4 is 10.6 Å². The summed E-state index contributed by atoms with van der Waals surface area (Å²) in [5.74, 6) is -6.13. The molecule has 1 aromatic carbocycles. The molecule has 0 aromatic heterocycles. The van der Waals surface area contributed by atoms with Crippen LogP contribution in [0, 0.1) is 50.7 Å². The lowest BCUT2D eigenvalue weighted by molar-refractivity contribution is -0.222. The first-order chi connectivity index (χ1) is 23.3. The topological polar surface area (TPSA) is 98.7 Å². The molecule has 276 valence electrons. The van der Waals surface area contributed by atoms with Crippen molar-refractivity contribution in [2.24, 2.45) is 50.7 Å². The maximum absolute atomic E-state index is 14.9. The third kappa shape index (κ3) is 5.63. The minimum atomic E-state index is -4.11. The van der Waals surface area contributed by atoms with Gasteiger partial charge in [-0.25, -0.2) is 4.79 Å². The second-order valence-corrected chi connectivity index (χ2v) is 18.3. The third-order valence-electron chi connectivity index (χ3n) is 15.6. The van der Waals surface area contributed by atoms with Gasteiger partial charge in [0.2, 0.25) is 0 Å². The van der Waals surface area contributed by atoms with E-state index in [0.717, 1.165) is 69.8 Å². The van der Waals surface area contributed by atoms with E-state index in [0.29, 0.717) is 35.8 Å². The lowest BCUT2D eigenvalue weighted by Crippen LogP contribution is -2.65. The average molecular weight is 696 g/mol. The number of hydrogen-bond acceptors (Lipinski definition) is 4. The number of carboxylic acid groups (broad SMARTS) is 1. The number of rotatable bonds is 9. The van der Waals surface area contributed by atoms with E-state index < -0.39 is 23.7 Å². The summed E-state index contributed by atoms with van der Waals surface area (Å²) in [5, 5.41) is 14.3. The number of benzene rings is 1. The van der Waals surface area contributed by atoms with E-state index in [1.54, 1.807) is 31.1 Å². The molecule has 2 amide bonds. The molecular weight excluding hydrogens is 636 g/mol. The summed E-state index contributed by atoms with van der Waals surface area (Å²) >= 11 is 0. The van der Waals surface area contributed by atoms with Crippen molar-refractivity contribution in [1.82, 2.24) is 15.5 Å². The van der Waals surface area contributed by atoms with Crippen molar-refractivity contribution >= 4 is 23.4 Å². The molecule has 1 aromatic rings. The highest BCUT2D eigenvalue weighted by atomic mass is 19.3. The van der Waals surface area contributed by atoms with Gasteiger partial charge in [-0.1, -0.05) is 59.2 Å². The van der Waals surface area contributed by atoms with Crippen molar-refractivity contribution in [3.05, 3.63) is 41.5 Å². The fourth-order valence-electron chi connectivity index (χ4n) is 12.9. The number of carbonyl (C=O) groups is 3. The van der Waals surface area contributed by atoms with Gasteiger partial charge < -0.3 is 20.6 Å². The molecule has 0 aliphatic heterocycles. The summed E-state index contributed by atoms with van der Waals surface area (Å²) in [7, 11) is 3.58. The molecular formula is C41H59F2N3O4. The van der Waals surface area contributed by atoms with Gasteiger partial charge in [0.1, 0.15) is 0 Å². The Balaban J connectivity index is 1.20. The number of nitrogens with zero attached hydrogens (tertiary/aromatic N) is 1. The van der Waals surface area contributed by atoms with Crippen molar-refractivity contribution in [3.63, 3.8) is 0 Å². The first-order valence-corrected chi connectivity index (χ1v) is 19.0. The van der Waals surface area contributed by atoms with Crippen LogP contribution in [0.4, 0.5) is 8.78 Å². The Bertz CT molecular complexity index is 1540. The molecule has 4 fully saturated rings. The number of nitrogens with one attached hydrogen (secondary N) is 2. The van der Waals surface area contributed by atoms with Crippen LogP contribution in [0.3, 0.4) is 0 Å². The lowest BCUT2D eigenvalue weighted by atomic mass is 9.32. The highest BCUT2D eigenvalue weighted by molar-refractivity contribution is 6.06. The number of carbonyl (C=O) groups excluding carboxylic acids is 2. The number of fused-ring (bicyclic) bond motifs is 7. The van der Waals surface area contributed by atoms with Crippen molar-refractivity contribution in [2.75, 3.05) is 33.7 Å². The SMILES string of the molecule is CN(C)CCNC(=O)C(F)(F)C(=O)NC[C@]12CCCC1[C@H]1CCC3[C@@]4(C)CC=C(c5ccc(C(=O)O)cc5)C(C)(C)C4CC[C@@]3(C)[C@]1(C)CC2. The van der Waals surface area contributed by atoms with Crippen LogP contribution in [0.25, 0.3) is 5.57 Å². The van der Waals surface area contributed by atoms with Crippen molar-refractivity contribution < 1.29 is 28.3 Å². The Kier molecular flexibility index (Phi) is 9.39. The summed E-state index contributed by atoms with van der Waals surface area (Å²) in [6.07, 6.45) is 13.0. The zero-order valence-corrected chi connectivity index (χ0v) is 31.3. The Morgan fingerprint density at radius 3 is 2.18 bits per heavy atom. The Hall–Kier alpha value is -2.81. The number of amides is 2. The number of halogens is 2. The molecule has 0 heterocycles. The molecule has 0 spiro atoms. The molecule has 5 aliphatic rings. The molecule has 0 saturated heterocycles. The maximum atomic E-state index is 14.9. The second kappa shape index (κ2) is 12.7. The van der Waals surface area contributed by atoms with Crippen LogP contribution in [0.2, 0.25) is 0 Å². The standard InChI is InChI=1S/C41H59F2N3O4/c1-36(2)28(26-10-12-27(13-11-26)33(47)48)16-19-37(3)31(36)17-20-39(5)32(37)15-14-29-30-9-8-18-40(30,22-21-38(29,39)4)25-45-35(50)41(42,43)34(49)44-23-24-46(6)7/h10-13,16,29-32H,8-9,14-15,17-25H2,1-7H3,(H,44,49)(H,45,50)(H,47,48)/t29-,30?,31?,32?,37+,38-,39-,40-/m1/s1. The summed E-state index contributed by atoms with van der Waals surface area (Å²) in [5.41, 5.74) is 2.87. The molecule has 50 heavy (non-hydrogen) atoms. The van der Waals surface area contributed by atoms with Crippen LogP contribution in [0.5, 0.6) is 0 Å². The number of hydrogen-bond donors (Lipinski definition) is 3. The van der Waals surface area contributed by atoms with Crippen LogP contribution in [-0.2, 0) is 9.59 Å². The van der Waals surface area contributed by atoms with E-state index in [1.165, 1.54) is 5.57 Å². The van der Waals surface area contributed by atoms with Crippen LogP contribution in [0.15, 0.2) is 30.3 Å². The summed E-state index contributed by atoms with van der Waals surface area (Å²) in [6.45, 7) is 13.1. The molecule has 0 bridgehead atoms. The summed E-state index contributed by atoms with van der Waals surface area (Å²) < 4.78 is 29.9. The molecule has 4 saturated carbocycles. The van der Waals surface area contributed by atoms with Gasteiger partial charge in [0.15, 0.2) is 0 Å². The molecule has 8 atom stereocenters. The number of carboxylic acids is 1. The highest BCUT2D eigenvalue weighted by Crippen LogP contribution is 2.77. The molecule has 0 radical (unpaired) electrons. The minimum Gasteiger partial charge on any atom is -0.478 e. The number of alkyl halides is 2. The van der Waals surface area contributed by atoms with Crippen LogP contribution >= 0.6 is 0 Å². The smallest absolute Gasteiger partial charge is 0.400 e.